The number of likely N-dealkylation sites (tertiary alicyclic amines) is 1. The summed E-state index contributed by atoms with van der Waals surface area (Å²) in [5.74, 6) is 0.679. The van der Waals surface area contributed by atoms with Crippen LogP contribution in [0.5, 0.6) is 0 Å². The van der Waals surface area contributed by atoms with Gasteiger partial charge in [0.15, 0.2) is 0 Å². The Morgan fingerprint density at radius 3 is 2.39 bits per heavy atom. The molecule has 2 nitrogen and oxygen atoms in total. The van der Waals surface area contributed by atoms with Crippen molar-refractivity contribution < 1.29 is 5.11 Å². The standard InChI is InChI=1S/C16H23NO/c18-16(9-5-2-6-10-16)13-17-11-15(12-17)14-7-3-1-4-8-14/h1,3-4,7-8,15,18H,2,5-6,9-13H2. The van der Waals surface area contributed by atoms with Crippen LogP contribution in [-0.4, -0.2) is 35.2 Å². The third kappa shape index (κ3) is 2.60. The van der Waals surface area contributed by atoms with Crippen molar-refractivity contribution in [2.24, 2.45) is 0 Å². The van der Waals surface area contributed by atoms with E-state index in [0.29, 0.717) is 5.92 Å². The fourth-order valence-corrected chi connectivity index (χ4v) is 3.42. The smallest absolute Gasteiger partial charge is 0.0774 e. The van der Waals surface area contributed by atoms with E-state index >= 15 is 0 Å². The predicted molar refractivity (Wildman–Crippen MR) is 73.7 cm³/mol. The molecule has 2 fully saturated rings. The number of nitrogens with zero attached hydrogens (tertiary/aromatic N) is 1. The van der Waals surface area contributed by atoms with E-state index < -0.39 is 0 Å². The zero-order valence-corrected chi connectivity index (χ0v) is 11.0. The first-order valence-corrected chi connectivity index (χ1v) is 7.25. The topological polar surface area (TPSA) is 23.5 Å². The van der Waals surface area contributed by atoms with Gasteiger partial charge in [0, 0.05) is 25.6 Å². The molecule has 1 N–H and O–H groups in total. The summed E-state index contributed by atoms with van der Waals surface area (Å²) < 4.78 is 0. The van der Waals surface area contributed by atoms with Gasteiger partial charge < -0.3 is 5.11 Å². The molecular weight excluding hydrogens is 222 g/mol. The van der Waals surface area contributed by atoms with E-state index in [0.717, 1.165) is 32.5 Å². The minimum atomic E-state index is -0.389. The lowest BCUT2D eigenvalue weighted by Crippen LogP contribution is -2.53. The van der Waals surface area contributed by atoms with E-state index in [1.807, 2.05) is 0 Å². The van der Waals surface area contributed by atoms with Crippen LogP contribution in [-0.2, 0) is 0 Å². The lowest BCUT2D eigenvalue weighted by atomic mass is 9.82. The Kier molecular flexibility index (Phi) is 3.40. The van der Waals surface area contributed by atoms with Gasteiger partial charge in [-0.1, -0.05) is 49.6 Å². The highest BCUT2D eigenvalue weighted by Gasteiger charge is 2.36. The first kappa shape index (κ1) is 12.2. The molecule has 0 radical (unpaired) electrons. The van der Waals surface area contributed by atoms with Crippen molar-refractivity contribution in [1.29, 1.82) is 0 Å². The Bertz CT molecular complexity index is 377. The molecule has 0 spiro atoms. The maximum absolute atomic E-state index is 10.5. The molecule has 1 saturated carbocycles. The van der Waals surface area contributed by atoms with Crippen LogP contribution in [0.2, 0.25) is 0 Å². The second-order valence-corrected chi connectivity index (χ2v) is 6.09. The SMILES string of the molecule is OC1(CN2CC(c3ccccc3)C2)CCCCC1. The van der Waals surface area contributed by atoms with E-state index in [-0.39, 0.29) is 5.60 Å². The molecule has 3 rings (SSSR count). The largest absolute Gasteiger partial charge is 0.389 e. The summed E-state index contributed by atoms with van der Waals surface area (Å²) in [6, 6.07) is 10.7. The molecule has 98 valence electrons. The second-order valence-electron chi connectivity index (χ2n) is 6.09. The van der Waals surface area contributed by atoms with Gasteiger partial charge in [0.1, 0.15) is 0 Å². The molecule has 2 heteroatoms. The molecule has 1 heterocycles. The summed E-state index contributed by atoms with van der Waals surface area (Å²) in [6.45, 7) is 3.12. The summed E-state index contributed by atoms with van der Waals surface area (Å²) in [6.07, 6.45) is 5.70. The number of hydrogen-bond acceptors (Lipinski definition) is 2. The van der Waals surface area contributed by atoms with Crippen LogP contribution in [0.15, 0.2) is 30.3 Å². The van der Waals surface area contributed by atoms with Gasteiger partial charge in [0.05, 0.1) is 5.60 Å². The molecule has 0 aromatic heterocycles. The summed E-state index contributed by atoms with van der Waals surface area (Å²) in [5.41, 5.74) is 1.06. The Morgan fingerprint density at radius 2 is 1.72 bits per heavy atom. The van der Waals surface area contributed by atoms with Gasteiger partial charge in [-0.2, -0.15) is 0 Å². The van der Waals surface area contributed by atoms with E-state index in [2.05, 4.69) is 35.2 Å². The quantitative estimate of drug-likeness (QED) is 0.885. The molecule has 1 aromatic carbocycles. The number of rotatable bonds is 3. The van der Waals surface area contributed by atoms with Crippen molar-refractivity contribution in [3.63, 3.8) is 0 Å². The first-order valence-electron chi connectivity index (χ1n) is 7.25. The lowest BCUT2D eigenvalue weighted by molar-refractivity contribution is -0.0441. The highest BCUT2D eigenvalue weighted by Crippen LogP contribution is 2.33. The van der Waals surface area contributed by atoms with Gasteiger partial charge in [-0.15, -0.1) is 0 Å². The van der Waals surface area contributed by atoms with Crippen LogP contribution in [0.25, 0.3) is 0 Å². The van der Waals surface area contributed by atoms with Gasteiger partial charge in [0.25, 0.3) is 0 Å². The third-order valence-corrected chi connectivity index (χ3v) is 4.53. The van der Waals surface area contributed by atoms with Gasteiger partial charge in [-0.25, -0.2) is 0 Å². The third-order valence-electron chi connectivity index (χ3n) is 4.53. The zero-order valence-electron chi connectivity index (χ0n) is 11.0. The summed E-state index contributed by atoms with van der Waals surface area (Å²) in [4.78, 5) is 2.42. The van der Waals surface area contributed by atoms with E-state index in [1.54, 1.807) is 0 Å². The fourth-order valence-electron chi connectivity index (χ4n) is 3.42. The summed E-state index contributed by atoms with van der Waals surface area (Å²) >= 11 is 0. The molecule has 1 saturated heterocycles. The van der Waals surface area contributed by atoms with Gasteiger partial charge in [-0.05, 0) is 18.4 Å². The molecule has 0 amide bonds. The van der Waals surface area contributed by atoms with Crippen LogP contribution in [0, 0.1) is 0 Å². The normalized spacial score (nSPS) is 24.7. The average molecular weight is 245 g/mol. The Hall–Kier alpha value is -0.860. The lowest BCUT2D eigenvalue weighted by Gasteiger charge is -2.45. The number of β-amino-alcohol motifs (C(OH)–C–C–N with tert-alkyl or cyclic N) is 1. The van der Waals surface area contributed by atoms with Gasteiger partial charge in [-0.3, -0.25) is 4.90 Å². The van der Waals surface area contributed by atoms with Gasteiger partial charge in [0.2, 0.25) is 0 Å². The highest BCUT2D eigenvalue weighted by molar-refractivity contribution is 5.22. The molecule has 0 atom stereocenters. The minimum absolute atomic E-state index is 0.389. The number of aliphatic hydroxyl groups is 1. The Morgan fingerprint density at radius 1 is 1.06 bits per heavy atom. The van der Waals surface area contributed by atoms with Crippen LogP contribution >= 0.6 is 0 Å². The molecule has 0 unspecified atom stereocenters. The molecule has 18 heavy (non-hydrogen) atoms. The molecular formula is C16H23NO. The molecule has 1 aliphatic carbocycles. The molecule has 0 bridgehead atoms. The molecule has 1 aromatic rings. The predicted octanol–water partition coefficient (Wildman–Crippen LogP) is 2.78. The summed E-state index contributed by atoms with van der Waals surface area (Å²) in [5, 5.41) is 10.5. The van der Waals surface area contributed by atoms with Crippen LogP contribution < -0.4 is 0 Å². The maximum Gasteiger partial charge on any atom is 0.0774 e. The first-order chi connectivity index (χ1) is 8.75. The minimum Gasteiger partial charge on any atom is -0.389 e. The van der Waals surface area contributed by atoms with E-state index in [4.69, 9.17) is 0 Å². The van der Waals surface area contributed by atoms with Crippen LogP contribution in [0.3, 0.4) is 0 Å². The van der Waals surface area contributed by atoms with Crippen molar-refractivity contribution in [1.82, 2.24) is 4.90 Å². The van der Waals surface area contributed by atoms with Crippen LogP contribution in [0.4, 0.5) is 0 Å². The van der Waals surface area contributed by atoms with Crippen molar-refractivity contribution in [3.05, 3.63) is 35.9 Å². The van der Waals surface area contributed by atoms with Crippen molar-refractivity contribution in [2.45, 2.75) is 43.6 Å². The zero-order chi connectivity index (χ0) is 12.4. The monoisotopic (exact) mass is 245 g/mol. The average Bonchev–Trinajstić information content (AvgIpc) is 2.35. The maximum atomic E-state index is 10.5. The number of hydrogen-bond donors (Lipinski definition) is 1. The number of benzene rings is 1. The fraction of sp³-hybridized carbons (Fsp3) is 0.625. The van der Waals surface area contributed by atoms with Crippen molar-refractivity contribution in [2.75, 3.05) is 19.6 Å². The highest BCUT2D eigenvalue weighted by atomic mass is 16.3. The van der Waals surface area contributed by atoms with E-state index in [9.17, 15) is 5.11 Å². The summed E-state index contributed by atoms with van der Waals surface area (Å²) in [7, 11) is 0. The second kappa shape index (κ2) is 5.02. The van der Waals surface area contributed by atoms with E-state index in [1.165, 1.54) is 24.8 Å². The van der Waals surface area contributed by atoms with Crippen molar-refractivity contribution in [3.8, 4) is 0 Å². The van der Waals surface area contributed by atoms with Crippen molar-refractivity contribution >= 4 is 0 Å². The van der Waals surface area contributed by atoms with Crippen LogP contribution in [0.1, 0.15) is 43.6 Å². The Balaban J connectivity index is 1.50. The van der Waals surface area contributed by atoms with Gasteiger partial charge >= 0.3 is 0 Å². The Labute approximate surface area is 110 Å². The molecule has 1 aliphatic heterocycles. The molecule has 2 aliphatic rings.